The van der Waals surface area contributed by atoms with Crippen LogP contribution in [-0.4, -0.2) is 46.1 Å². The minimum Gasteiger partial charge on any atom is -0.374 e. The number of thiophene rings is 3. The van der Waals surface area contributed by atoms with Crippen LogP contribution in [0, 0.1) is 0 Å². The lowest BCUT2D eigenvalue weighted by molar-refractivity contribution is -0.120. The molecule has 1 amide bonds. The van der Waals surface area contributed by atoms with Crippen LogP contribution in [0.5, 0.6) is 0 Å². The largest absolute Gasteiger partial charge is 0.500 e. The Labute approximate surface area is 238 Å². The van der Waals surface area contributed by atoms with Crippen LogP contribution >= 0.6 is 34.0 Å². The van der Waals surface area contributed by atoms with Crippen molar-refractivity contribution in [1.82, 2.24) is 10.3 Å². The maximum atomic E-state index is 12.6. The summed E-state index contributed by atoms with van der Waals surface area (Å²) >= 11 is 5.21. The number of pyridine rings is 1. The maximum absolute atomic E-state index is 12.6. The van der Waals surface area contributed by atoms with Crippen molar-refractivity contribution in [1.29, 1.82) is 0 Å². The van der Waals surface area contributed by atoms with Crippen molar-refractivity contribution in [2.45, 2.75) is 39.7 Å². The van der Waals surface area contributed by atoms with Gasteiger partial charge < -0.3 is 18.6 Å². The standard InChI is InChI=1S/C28H34N2O4S3Si/c1-4-32-38(33-5-2,34-6-3)19-9-18-30-28(31)20-21-11-12-24(35-21)25-15-16-27(37-25)26-14-13-23(36-26)22-10-7-8-17-29-22/h7-8,10-17H,4-6,9,18-20H2,1-3H3,(H,30,31). The molecule has 4 aromatic rings. The lowest BCUT2D eigenvalue weighted by Crippen LogP contribution is -2.46. The third-order valence-corrected chi connectivity index (χ3v) is 12.5. The quantitative estimate of drug-likeness (QED) is 0.116. The van der Waals surface area contributed by atoms with E-state index in [2.05, 4.69) is 46.7 Å². The SMILES string of the molecule is CCO[Si](CCCNC(=O)Cc1ccc(-c2ccc(-c3ccc(-c4ccccn4)s3)s2)s1)(OCC)OCC. The van der Waals surface area contributed by atoms with E-state index >= 15 is 0 Å². The molecule has 0 saturated carbocycles. The molecule has 0 atom stereocenters. The van der Waals surface area contributed by atoms with Crippen molar-refractivity contribution in [3.8, 4) is 30.1 Å². The summed E-state index contributed by atoms with van der Waals surface area (Å²) in [7, 11) is -2.66. The third-order valence-electron chi connectivity index (χ3n) is 5.69. The van der Waals surface area contributed by atoms with Crippen molar-refractivity contribution < 1.29 is 18.1 Å². The van der Waals surface area contributed by atoms with Gasteiger partial charge in [-0.1, -0.05) is 6.07 Å². The summed E-state index contributed by atoms with van der Waals surface area (Å²) in [6.07, 6.45) is 2.97. The predicted octanol–water partition coefficient (Wildman–Crippen LogP) is 7.36. The topological polar surface area (TPSA) is 69.7 Å². The van der Waals surface area contributed by atoms with E-state index in [0.29, 0.717) is 38.8 Å². The Kier molecular flexibility index (Phi) is 10.8. The van der Waals surface area contributed by atoms with Gasteiger partial charge in [0.2, 0.25) is 5.91 Å². The van der Waals surface area contributed by atoms with E-state index in [1.807, 2.05) is 45.2 Å². The van der Waals surface area contributed by atoms with Crippen LogP contribution in [0.15, 0.2) is 60.8 Å². The molecule has 0 saturated heterocycles. The fourth-order valence-corrected chi connectivity index (χ4v) is 9.87. The maximum Gasteiger partial charge on any atom is 0.500 e. The van der Waals surface area contributed by atoms with Crippen molar-refractivity contribution in [3.63, 3.8) is 0 Å². The highest BCUT2D eigenvalue weighted by atomic mass is 32.1. The van der Waals surface area contributed by atoms with Crippen molar-refractivity contribution >= 4 is 48.7 Å². The summed E-state index contributed by atoms with van der Waals surface area (Å²) in [6, 6.07) is 19.5. The third kappa shape index (κ3) is 7.69. The second kappa shape index (κ2) is 14.3. The van der Waals surface area contributed by atoms with E-state index in [-0.39, 0.29) is 5.91 Å². The average molecular weight is 587 g/mol. The first-order valence-electron chi connectivity index (χ1n) is 12.9. The number of nitrogens with zero attached hydrogens (tertiary/aromatic N) is 1. The fourth-order valence-electron chi connectivity index (χ4n) is 4.08. The number of rotatable bonds is 15. The van der Waals surface area contributed by atoms with Crippen LogP contribution < -0.4 is 5.32 Å². The minimum atomic E-state index is -2.66. The van der Waals surface area contributed by atoms with Gasteiger partial charge in [-0.25, -0.2) is 0 Å². The van der Waals surface area contributed by atoms with Crippen LogP contribution in [0.2, 0.25) is 6.04 Å². The van der Waals surface area contributed by atoms with Crippen molar-refractivity contribution in [2.75, 3.05) is 26.4 Å². The molecule has 4 rings (SSSR count). The summed E-state index contributed by atoms with van der Waals surface area (Å²) < 4.78 is 17.7. The average Bonchev–Trinajstić information content (AvgIpc) is 3.68. The van der Waals surface area contributed by atoms with Crippen LogP contribution in [0.4, 0.5) is 0 Å². The number of carbonyl (C=O) groups is 1. The molecule has 4 aromatic heterocycles. The van der Waals surface area contributed by atoms with Crippen LogP contribution in [-0.2, 0) is 24.5 Å². The van der Waals surface area contributed by atoms with E-state index < -0.39 is 8.80 Å². The van der Waals surface area contributed by atoms with Gasteiger partial charge in [0, 0.05) is 63.0 Å². The zero-order valence-electron chi connectivity index (χ0n) is 22.0. The molecule has 0 fully saturated rings. The monoisotopic (exact) mass is 586 g/mol. The van der Waals surface area contributed by atoms with Gasteiger partial charge in [-0.15, -0.1) is 34.0 Å². The van der Waals surface area contributed by atoms with Gasteiger partial charge in [0.15, 0.2) is 0 Å². The van der Waals surface area contributed by atoms with Gasteiger partial charge in [0.25, 0.3) is 0 Å². The van der Waals surface area contributed by atoms with E-state index in [4.69, 9.17) is 13.3 Å². The van der Waals surface area contributed by atoms with Gasteiger partial charge in [0.05, 0.1) is 17.0 Å². The molecular formula is C28H34N2O4S3Si. The number of nitrogens with one attached hydrogen (secondary N) is 1. The first-order valence-corrected chi connectivity index (χ1v) is 17.3. The van der Waals surface area contributed by atoms with E-state index in [1.165, 1.54) is 24.4 Å². The normalized spacial score (nSPS) is 11.7. The molecule has 4 heterocycles. The van der Waals surface area contributed by atoms with E-state index in [0.717, 1.165) is 17.0 Å². The van der Waals surface area contributed by atoms with Crippen LogP contribution in [0.25, 0.3) is 30.1 Å². The second-order valence-electron chi connectivity index (χ2n) is 8.42. The molecule has 202 valence electrons. The Hall–Kier alpha value is -2.18. The van der Waals surface area contributed by atoms with E-state index in [9.17, 15) is 4.79 Å². The molecule has 1 N–H and O–H groups in total. The Bertz CT molecular complexity index is 1270. The molecule has 0 aliphatic carbocycles. The Balaban J connectivity index is 1.29. The first kappa shape index (κ1) is 28.8. The fraction of sp³-hybridized carbons (Fsp3) is 0.357. The molecule has 10 heteroatoms. The van der Waals surface area contributed by atoms with E-state index in [1.54, 1.807) is 34.0 Å². The smallest absolute Gasteiger partial charge is 0.374 e. The Morgan fingerprint density at radius 2 is 1.37 bits per heavy atom. The molecule has 0 bridgehead atoms. The molecule has 0 spiro atoms. The molecule has 6 nitrogen and oxygen atoms in total. The predicted molar refractivity (Wildman–Crippen MR) is 161 cm³/mol. The highest BCUT2D eigenvalue weighted by molar-refractivity contribution is 7.27. The highest BCUT2D eigenvalue weighted by Gasteiger charge is 2.39. The lowest BCUT2D eigenvalue weighted by atomic mass is 10.3. The lowest BCUT2D eigenvalue weighted by Gasteiger charge is -2.28. The summed E-state index contributed by atoms with van der Waals surface area (Å²) in [4.78, 5) is 24.1. The van der Waals surface area contributed by atoms with Crippen LogP contribution in [0.3, 0.4) is 0 Å². The minimum absolute atomic E-state index is 0.0300. The molecule has 0 radical (unpaired) electrons. The van der Waals surface area contributed by atoms with Gasteiger partial charge in [0.1, 0.15) is 0 Å². The molecule has 0 aliphatic heterocycles. The second-order valence-corrected chi connectivity index (χ2v) is 14.5. The molecule has 0 unspecified atom stereocenters. The zero-order valence-corrected chi connectivity index (χ0v) is 25.5. The number of hydrogen-bond acceptors (Lipinski definition) is 8. The summed E-state index contributed by atoms with van der Waals surface area (Å²) in [5, 5.41) is 3.04. The van der Waals surface area contributed by atoms with Gasteiger partial charge >= 0.3 is 8.80 Å². The first-order chi connectivity index (χ1) is 18.6. The van der Waals surface area contributed by atoms with Gasteiger partial charge in [-0.2, -0.15) is 0 Å². The van der Waals surface area contributed by atoms with Gasteiger partial charge in [-0.3, -0.25) is 9.78 Å². The summed E-state index contributed by atoms with van der Waals surface area (Å²) in [5.74, 6) is 0.0300. The zero-order chi connectivity index (χ0) is 26.8. The molecule has 38 heavy (non-hydrogen) atoms. The van der Waals surface area contributed by atoms with Crippen molar-refractivity contribution in [3.05, 3.63) is 65.7 Å². The summed E-state index contributed by atoms with van der Waals surface area (Å²) in [6.45, 7) is 8.12. The highest BCUT2D eigenvalue weighted by Crippen LogP contribution is 2.41. The Morgan fingerprint density at radius 1 is 0.789 bits per heavy atom. The van der Waals surface area contributed by atoms with Gasteiger partial charge in [-0.05, 0) is 75.7 Å². The number of carbonyl (C=O) groups excluding carboxylic acids is 1. The van der Waals surface area contributed by atoms with Crippen molar-refractivity contribution in [2.24, 2.45) is 0 Å². The molecular weight excluding hydrogens is 553 g/mol. The number of hydrogen-bond donors (Lipinski definition) is 1. The molecule has 0 aliphatic rings. The molecule has 0 aromatic carbocycles. The number of amides is 1. The Morgan fingerprint density at radius 3 is 1.97 bits per heavy atom. The summed E-state index contributed by atoms with van der Waals surface area (Å²) in [5.41, 5.74) is 1.00. The van der Waals surface area contributed by atoms with Crippen LogP contribution in [0.1, 0.15) is 32.1 Å². The number of aromatic nitrogens is 1.